The molecule has 0 spiro atoms. The second-order valence-corrected chi connectivity index (χ2v) is 5.93. The molecule has 0 bridgehead atoms. The molecule has 4 heteroatoms. The quantitative estimate of drug-likeness (QED) is 0.792. The topological polar surface area (TPSA) is 54.3 Å². The molecule has 1 heterocycles. The van der Waals surface area contributed by atoms with Crippen LogP contribution < -0.4 is 5.32 Å². The number of hydrogen-bond donors (Lipinski definition) is 2. The molecule has 4 nitrogen and oxygen atoms in total. The van der Waals surface area contributed by atoms with Crippen molar-refractivity contribution in [2.75, 3.05) is 6.54 Å². The Morgan fingerprint density at radius 3 is 2.89 bits per heavy atom. The molecule has 1 aromatic rings. The standard InChI is InChI=1S/C15H24N2O2/c1-11(2)5-7-16-14(18)10-17-8-6-13(9-17)15(19)12-3-4-12/h6,8-9,11-12,15,19H,3-5,7,10H2,1-2H3,(H,16,18). The number of nitrogens with one attached hydrogen (secondary N) is 1. The molecule has 0 radical (unpaired) electrons. The minimum absolute atomic E-state index is 0.0312. The van der Waals surface area contributed by atoms with Gasteiger partial charge in [-0.2, -0.15) is 0 Å². The summed E-state index contributed by atoms with van der Waals surface area (Å²) in [4.78, 5) is 11.7. The molecule has 1 amide bonds. The zero-order valence-electron chi connectivity index (χ0n) is 11.8. The summed E-state index contributed by atoms with van der Waals surface area (Å²) in [6, 6.07) is 1.91. The van der Waals surface area contributed by atoms with E-state index in [1.54, 1.807) is 0 Å². The Morgan fingerprint density at radius 2 is 2.26 bits per heavy atom. The Kier molecular flexibility index (Phi) is 4.64. The fourth-order valence-corrected chi connectivity index (χ4v) is 2.14. The smallest absolute Gasteiger partial charge is 0.239 e. The Balaban J connectivity index is 1.77. The van der Waals surface area contributed by atoms with E-state index >= 15 is 0 Å². The van der Waals surface area contributed by atoms with Crippen LogP contribution in [0.15, 0.2) is 18.5 Å². The van der Waals surface area contributed by atoms with Gasteiger partial charge in [0.05, 0.1) is 6.10 Å². The van der Waals surface area contributed by atoms with E-state index in [0.717, 1.165) is 31.4 Å². The van der Waals surface area contributed by atoms with E-state index in [9.17, 15) is 9.90 Å². The number of nitrogens with zero attached hydrogens (tertiary/aromatic N) is 1. The molecule has 2 rings (SSSR count). The number of carbonyl (C=O) groups is 1. The van der Waals surface area contributed by atoms with Gasteiger partial charge in [0.15, 0.2) is 0 Å². The van der Waals surface area contributed by atoms with Crippen molar-refractivity contribution in [2.24, 2.45) is 11.8 Å². The third-order valence-corrected chi connectivity index (χ3v) is 3.55. The molecule has 1 atom stereocenters. The van der Waals surface area contributed by atoms with Crippen LogP contribution in [0.25, 0.3) is 0 Å². The molecule has 1 aliphatic rings. The van der Waals surface area contributed by atoms with Gasteiger partial charge in [0.1, 0.15) is 6.54 Å². The number of aliphatic hydroxyl groups is 1. The summed E-state index contributed by atoms with van der Waals surface area (Å²) >= 11 is 0. The first-order valence-electron chi connectivity index (χ1n) is 7.16. The molecule has 1 saturated carbocycles. The van der Waals surface area contributed by atoms with Crippen molar-refractivity contribution in [3.63, 3.8) is 0 Å². The summed E-state index contributed by atoms with van der Waals surface area (Å²) in [5, 5.41) is 12.9. The van der Waals surface area contributed by atoms with E-state index in [4.69, 9.17) is 0 Å². The second-order valence-electron chi connectivity index (χ2n) is 5.93. The average molecular weight is 264 g/mol. The van der Waals surface area contributed by atoms with Gasteiger partial charge in [0.25, 0.3) is 0 Å². The zero-order chi connectivity index (χ0) is 13.8. The van der Waals surface area contributed by atoms with Crippen LogP contribution in [0.5, 0.6) is 0 Å². The lowest BCUT2D eigenvalue weighted by Gasteiger charge is -2.08. The summed E-state index contributed by atoms with van der Waals surface area (Å²) < 4.78 is 1.84. The second kappa shape index (κ2) is 6.24. The lowest BCUT2D eigenvalue weighted by atomic mass is 10.1. The van der Waals surface area contributed by atoms with Crippen molar-refractivity contribution in [3.8, 4) is 0 Å². The summed E-state index contributed by atoms with van der Waals surface area (Å²) in [6.07, 6.45) is 6.62. The fourth-order valence-electron chi connectivity index (χ4n) is 2.14. The zero-order valence-corrected chi connectivity index (χ0v) is 11.8. The van der Waals surface area contributed by atoms with Crippen LogP contribution in [-0.4, -0.2) is 22.1 Å². The van der Waals surface area contributed by atoms with Gasteiger partial charge >= 0.3 is 0 Å². The Morgan fingerprint density at radius 1 is 1.53 bits per heavy atom. The van der Waals surface area contributed by atoms with E-state index in [2.05, 4.69) is 19.2 Å². The maximum Gasteiger partial charge on any atom is 0.239 e. The van der Waals surface area contributed by atoms with Gasteiger partial charge < -0.3 is 15.0 Å². The van der Waals surface area contributed by atoms with Gasteiger partial charge in [-0.05, 0) is 42.7 Å². The largest absolute Gasteiger partial charge is 0.388 e. The van der Waals surface area contributed by atoms with Crippen molar-refractivity contribution < 1.29 is 9.90 Å². The van der Waals surface area contributed by atoms with Gasteiger partial charge in [-0.1, -0.05) is 13.8 Å². The van der Waals surface area contributed by atoms with Crippen molar-refractivity contribution in [3.05, 3.63) is 24.0 Å². The lowest BCUT2D eigenvalue weighted by molar-refractivity contribution is -0.121. The molecular formula is C15H24N2O2. The molecule has 0 aliphatic heterocycles. The number of aromatic nitrogens is 1. The molecule has 0 aromatic carbocycles. The van der Waals surface area contributed by atoms with Crippen LogP contribution in [0.1, 0.15) is 44.8 Å². The highest BCUT2D eigenvalue weighted by molar-refractivity contribution is 5.75. The predicted molar refractivity (Wildman–Crippen MR) is 74.6 cm³/mol. The van der Waals surface area contributed by atoms with E-state index in [1.807, 2.05) is 23.0 Å². The number of rotatable bonds is 7. The van der Waals surface area contributed by atoms with E-state index in [0.29, 0.717) is 18.4 Å². The van der Waals surface area contributed by atoms with Crippen molar-refractivity contribution in [2.45, 2.75) is 45.8 Å². The summed E-state index contributed by atoms with van der Waals surface area (Å²) in [6.45, 7) is 5.35. The summed E-state index contributed by atoms with van der Waals surface area (Å²) in [5.74, 6) is 1.06. The number of amides is 1. The van der Waals surface area contributed by atoms with Crippen LogP contribution in [0.4, 0.5) is 0 Å². The first-order valence-corrected chi connectivity index (χ1v) is 7.16. The predicted octanol–water partition coefficient (Wildman–Crippen LogP) is 2.09. The normalized spacial score (nSPS) is 16.6. The average Bonchev–Trinajstić information content (AvgIpc) is 3.09. The van der Waals surface area contributed by atoms with Gasteiger partial charge in [-0.3, -0.25) is 4.79 Å². The first kappa shape index (κ1) is 14.1. The molecule has 2 N–H and O–H groups in total. The molecule has 0 saturated heterocycles. The third kappa shape index (κ3) is 4.39. The van der Waals surface area contributed by atoms with Crippen LogP contribution in [-0.2, 0) is 11.3 Å². The SMILES string of the molecule is CC(C)CCNC(=O)Cn1ccc(C(O)C2CC2)c1. The van der Waals surface area contributed by atoms with Crippen molar-refractivity contribution in [1.29, 1.82) is 0 Å². The molecule has 1 aromatic heterocycles. The summed E-state index contributed by atoms with van der Waals surface area (Å²) in [5.41, 5.74) is 0.928. The van der Waals surface area contributed by atoms with E-state index in [1.165, 1.54) is 0 Å². The third-order valence-electron chi connectivity index (χ3n) is 3.55. The maximum atomic E-state index is 11.7. The van der Waals surface area contributed by atoms with Crippen LogP contribution in [0.3, 0.4) is 0 Å². The molecular weight excluding hydrogens is 240 g/mol. The maximum absolute atomic E-state index is 11.7. The lowest BCUT2D eigenvalue weighted by Crippen LogP contribution is -2.28. The first-order chi connectivity index (χ1) is 9.06. The monoisotopic (exact) mass is 264 g/mol. The molecule has 19 heavy (non-hydrogen) atoms. The highest BCUT2D eigenvalue weighted by Gasteiger charge is 2.31. The Hall–Kier alpha value is -1.29. The van der Waals surface area contributed by atoms with Gasteiger partial charge in [0.2, 0.25) is 5.91 Å². The highest BCUT2D eigenvalue weighted by atomic mass is 16.3. The van der Waals surface area contributed by atoms with Gasteiger partial charge in [-0.25, -0.2) is 0 Å². The van der Waals surface area contributed by atoms with Crippen LogP contribution in [0, 0.1) is 11.8 Å². The summed E-state index contributed by atoms with van der Waals surface area (Å²) in [7, 11) is 0. The molecule has 1 fully saturated rings. The number of hydrogen-bond acceptors (Lipinski definition) is 2. The van der Waals surface area contributed by atoms with Gasteiger partial charge in [-0.15, -0.1) is 0 Å². The highest BCUT2D eigenvalue weighted by Crippen LogP contribution is 2.40. The van der Waals surface area contributed by atoms with Crippen molar-refractivity contribution in [1.82, 2.24) is 9.88 Å². The van der Waals surface area contributed by atoms with Crippen LogP contribution in [0.2, 0.25) is 0 Å². The number of carbonyl (C=O) groups excluding carboxylic acids is 1. The van der Waals surface area contributed by atoms with E-state index < -0.39 is 0 Å². The molecule has 1 unspecified atom stereocenters. The van der Waals surface area contributed by atoms with Gasteiger partial charge in [0, 0.05) is 18.9 Å². The molecule has 1 aliphatic carbocycles. The minimum Gasteiger partial charge on any atom is -0.388 e. The number of aliphatic hydroxyl groups excluding tert-OH is 1. The van der Waals surface area contributed by atoms with E-state index in [-0.39, 0.29) is 12.0 Å². The Bertz CT molecular complexity index is 422. The van der Waals surface area contributed by atoms with Crippen molar-refractivity contribution >= 4 is 5.91 Å². The minimum atomic E-state index is -0.356. The molecule has 106 valence electrons. The van der Waals surface area contributed by atoms with Crippen LogP contribution >= 0.6 is 0 Å². The fraction of sp³-hybridized carbons (Fsp3) is 0.667. The Labute approximate surface area is 114 Å².